The lowest BCUT2D eigenvalue weighted by Gasteiger charge is -2.33. The summed E-state index contributed by atoms with van der Waals surface area (Å²) in [4.78, 5) is 29.9. The lowest BCUT2D eigenvalue weighted by Crippen LogP contribution is -2.40. The van der Waals surface area contributed by atoms with E-state index in [1.165, 1.54) is 5.56 Å². The maximum absolute atomic E-state index is 13.1. The van der Waals surface area contributed by atoms with Crippen molar-refractivity contribution in [3.8, 4) is 0 Å². The first-order chi connectivity index (χ1) is 11.6. The third-order valence-corrected chi connectivity index (χ3v) is 4.57. The summed E-state index contributed by atoms with van der Waals surface area (Å²) in [5, 5.41) is 1.38. The molecular weight excluding hydrogens is 300 g/mol. The molecule has 0 spiro atoms. The largest absolute Gasteiger partial charge is 0.317 e. The van der Waals surface area contributed by atoms with Crippen LogP contribution in [0.1, 0.15) is 23.0 Å². The molecule has 120 valence electrons. The van der Waals surface area contributed by atoms with Crippen LogP contribution in [0.2, 0.25) is 0 Å². The third kappa shape index (κ3) is 2.40. The molecule has 24 heavy (non-hydrogen) atoms. The van der Waals surface area contributed by atoms with Gasteiger partial charge in [-0.15, -0.1) is 0 Å². The molecule has 1 aromatic heterocycles. The molecule has 2 heterocycles. The number of nitrogens with zero attached hydrogens (tertiary/aromatic N) is 1. The summed E-state index contributed by atoms with van der Waals surface area (Å²) in [5.74, 6) is 0.230. The Balaban J connectivity index is 1.81. The number of aromatic amines is 1. The van der Waals surface area contributed by atoms with Crippen molar-refractivity contribution in [3.63, 3.8) is 0 Å². The SMILES string of the molecule is C[C@H]1Cc2ccccc2N(C(=O)c2cc3ccccc3c(=O)[nH]2)C1. The first-order valence-electron chi connectivity index (χ1n) is 8.15. The molecular formula is C20H18N2O2. The molecule has 4 nitrogen and oxygen atoms in total. The van der Waals surface area contributed by atoms with Crippen molar-refractivity contribution in [1.29, 1.82) is 0 Å². The molecule has 1 amide bonds. The van der Waals surface area contributed by atoms with E-state index in [0.717, 1.165) is 17.5 Å². The average Bonchev–Trinajstić information content (AvgIpc) is 2.60. The Bertz CT molecular complexity index is 990. The highest BCUT2D eigenvalue weighted by molar-refractivity contribution is 6.07. The lowest BCUT2D eigenvalue weighted by molar-refractivity contribution is 0.0976. The van der Waals surface area contributed by atoms with E-state index in [2.05, 4.69) is 18.0 Å². The minimum Gasteiger partial charge on any atom is -0.317 e. The number of pyridine rings is 1. The molecule has 0 bridgehead atoms. The van der Waals surface area contributed by atoms with Gasteiger partial charge in [0.15, 0.2) is 0 Å². The number of carbonyl (C=O) groups excluding carboxylic acids is 1. The van der Waals surface area contributed by atoms with Crippen molar-refractivity contribution >= 4 is 22.4 Å². The molecule has 0 saturated carbocycles. The number of nitrogens with one attached hydrogen (secondary N) is 1. The van der Waals surface area contributed by atoms with Gasteiger partial charge in [0.05, 0.1) is 0 Å². The van der Waals surface area contributed by atoms with Crippen LogP contribution in [-0.4, -0.2) is 17.4 Å². The summed E-state index contributed by atoms with van der Waals surface area (Å²) in [5.41, 5.74) is 2.22. The molecule has 4 rings (SSSR count). The summed E-state index contributed by atoms with van der Waals surface area (Å²) in [6.07, 6.45) is 0.966. The summed E-state index contributed by atoms with van der Waals surface area (Å²) >= 11 is 0. The molecule has 0 aliphatic carbocycles. The fraction of sp³-hybridized carbons (Fsp3) is 0.200. The highest BCUT2D eigenvalue weighted by Crippen LogP contribution is 2.30. The van der Waals surface area contributed by atoms with Crippen molar-refractivity contribution in [3.05, 3.63) is 76.2 Å². The van der Waals surface area contributed by atoms with E-state index in [4.69, 9.17) is 0 Å². The van der Waals surface area contributed by atoms with Gasteiger partial charge in [-0.3, -0.25) is 9.59 Å². The van der Waals surface area contributed by atoms with Crippen molar-refractivity contribution in [2.45, 2.75) is 13.3 Å². The minimum absolute atomic E-state index is 0.156. The van der Waals surface area contributed by atoms with Gasteiger partial charge in [-0.1, -0.05) is 43.3 Å². The van der Waals surface area contributed by atoms with Crippen molar-refractivity contribution in [2.24, 2.45) is 5.92 Å². The topological polar surface area (TPSA) is 53.2 Å². The number of anilines is 1. The van der Waals surface area contributed by atoms with Gasteiger partial charge in [0.2, 0.25) is 0 Å². The monoisotopic (exact) mass is 318 g/mol. The normalized spacial score (nSPS) is 16.9. The van der Waals surface area contributed by atoms with Crippen LogP contribution < -0.4 is 10.5 Å². The number of fused-ring (bicyclic) bond motifs is 2. The predicted molar refractivity (Wildman–Crippen MR) is 95.6 cm³/mol. The van der Waals surface area contributed by atoms with E-state index in [1.54, 1.807) is 17.0 Å². The van der Waals surface area contributed by atoms with Crippen LogP contribution in [0.25, 0.3) is 10.8 Å². The highest BCUT2D eigenvalue weighted by Gasteiger charge is 2.27. The van der Waals surface area contributed by atoms with Gasteiger partial charge >= 0.3 is 0 Å². The van der Waals surface area contributed by atoms with E-state index in [9.17, 15) is 9.59 Å². The molecule has 1 N–H and O–H groups in total. The number of hydrogen-bond donors (Lipinski definition) is 1. The van der Waals surface area contributed by atoms with Gasteiger partial charge in [0.1, 0.15) is 5.69 Å². The molecule has 4 heteroatoms. The van der Waals surface area contributed by atoms with Gasteiger partial charge in [-0.05, 0) is 41.5 Å². The van der Waals surface area contributed by atoms with Crippen LogP contribution in [-0.2, 0) is 6.42 Å². The van der Waals surface area contributed by atoms with Crippen molar-refractivity contribution < 1.29 is 4.79 Å². The summed E-state index contributed by atoms with van der Waals surface area (Å²) in [7, 11) is 0. The molecule has 0 radical (unpaired) electrons. The van der Waals surface area contributed by atoms with Gasteiger partial charge < -0.3 is 9.88 Å². The van der Waals surface area contributed by atoms with E-state index < -0.39 is 0 Å². The van der Waals surface area contributed by atoms with E-state index in [0.29, 0.717) is 23.5 Å². The minimum atomic E-state index is -0.227. The molecule has 3 aromatic rings. The predicted octanol–water partition coefficient (Wildman–Crippen LogP) is 3.37. The van der Waals surface area contributed by atoms with Crippen molar-refractivity contribution in [1.82, 2.24) is 4.98 Å². The number of benzene rings is 2. The Morgan fingerprint density at radius 2 is 1.88 bits per heavy atom. The molecule has 0 fully saturated rings. The summed E-state index contributed by atoms with van der Waals surface area (Å²) in [6, 6.07) is 17.0. The zero-order chi connectivity index (χ0) is 16.7. The Kier molecular flexibility index (Phi) is 3.45. The number of H-pyrrole nitrogens is 1. The van der Waals surface area contributed by atoms with Crippen LogP contribution in [0, 0.1) is 5.92 Å². The van der Waals surface area contributed by atoms with E-state index >= 15 is 0 Å². The molecule has 2 aromatic carbocycles. The molecule has 1 atom stereocenters. The van der Waals surface area contributed by atoms with Gasteiger partial charge in [-0.2, -0.15) is 0 Å². The highest BCUT2D eigenvalue weighted by atomic mass is 16.2. The first-order valence-corrected chi connectivity index (χ1v) is 8.15. The second kappa shape index (κ2) is 5.64. The summed E-state index contributed by atoms with van der Waals surface area (Å²) in [6.45, 7) is 2.80. The molecule has 0 saturated heterocycles. The van der Waals surface area contributed by atoms with E-state index in [1.807, 2.05) is 36.4 Å². The number of carbonyl (C=O) groups is 1. The zero-order valence-electron chi connectivity index (χ0n) is 13.5. The first kappa shape index (κ1) is 14.7. The molecule has 1 aliphatic heterocycles. The van der Waals surface area contributed by atoms with Crippen LogP contribution in [0.5, 0.6) is 0 Å². The van der Waals surface area contributed by atoms with Gasteiger partial charge in [0, 0.05) is 17.6 Å². The zero-order valence-corrected chi connectivity index (χ0v) is 13.5. The maximum atomic E-state index is 13.1. The third-order valence-electron chi connectivity index (χ3n) is 4.57. The Morgan fingerprint density at radius 1 is 1.12 bits per heavy atom. The Morgan fingerprint density at radius 3 is 2.75 bits per heavy atom. The van der Waals surface area contributed by atoms with Gasteiger partial charge in [0.25, 0.3) is 11.5 Å². The average molecular weight is 318 g/mol. The molecule has 1 aliphatic rings. The maximum Gasteiger partial charge on any atom is 0.274 e. The smallest absolute Gasteiger partial charge is 0.274 e. The number of aromatic nitrogens is 1. The second-order valence-corrected chi connectivity index (χ2v) is 6.45. The van der Waals surface area contributed by atoms with E-state index in [-0.39, 0.29) is 11.5 Å². The van der Waals surface area contributed by atoms with Crippen LogP contribution in [0.4, 0.5) is 5.69 Å². The second-order valence-electron chi connectivity index (χ2n) is 6.45. The van der Waals surface area contributed by atoms with Gasteiger partial charge in [-0.25, -0.2) is 0 Å². The fourth-order valence-corrected chi connectivity index (χ4v) is 3.46. The number of amides is 1. The van der Waals surface area contributed by atoms with Crippen molar-refractivity contribution in [2.75, 3.05) is 11.4 Å². The number of hydrogen-bond acceptors (Lipinski definition) is 2. The summed E-state index contributed by atoms with van der Waals surface area (Å²) < 4.78 is 0. The van der Waals surface area contributed by atoms with Crippen LogP contribution >= 0.6 is 0 Å². The standard InChI is InChI=1S/C20H18N2O2/c1-13-10-15-7-3-5-9-18(15)22(12-13)20(24)17-11-14-6-2-4-8-16(14)19(23)21-17/h2-9,11,13H,10,12H2,1H3,(H,21,23)/t13-/m0/s1. The van der Waals surface area contributed by atoms with Crippen LogP contribution in [0.3, 0.4) is 0 Å². The number of para-hydroxylation sites is 1. The quantitative estimate of drug-likeness (QED) is 0.748. The lowest BCUT2D eigenvalue weighted by atomic mass is 9.93. The fourth-order valence-electron chi connectivity index (χ4n) is 3.46. The Hall–Kier alpha value is -2.88. The van der Waals surface area contributed by atoms with Crippen LogP contribution in [0.15, 0.2) is 59.4 Å². The Labute approximate surface area is 139 Å². The number of rotatable bonds is 1. The molecule has 0 unspecified atom stereocenters.